The van der Waals surface area contributed by atoms with Crippen molar-refractivity contribution in [3.63, 3.8) is 0 Å². The average molecular weight is 162 g/mol. The van der Waals surface area contributed by atoms with E-state index in [1.54, 1.807) is 0 Å². The molecule has 0 amide bonds. The Morgan fingerprint density at radius 1 is 1.27 bits per heavy atom. The van der Waals surface area contributed by atoms with Crippen molar-refractivity contribution in [1.82, 2.24) is 10.3 Å². The molecule has 0 saturated carbocycles. The maximum absolute atomic E-state index is 8.95. The molecule has 0 atom stereocenters. The molecule has 0 aromatic carbocycles. The van der Waals surface area contributed by atoms with E-state index in [1.807, 2.05) is 0 Å². The van der Waals surface area contributed by atoms with Crippen molar-refractivity contribution in [2.45, 2.75) is 5.54 Å². The molecule has 2 heterocycles. The molecule has 64 valence electrons. The van der Waals surface area contributed by atoms with Crippen LogP contribution in [0.15, 0.2) is 0 Å². The van der Waals surface area contributed by atoms with Crippen LogP contribution < -0.4 is 0 Å². The summed E-state index contributed by atoms with van der Waals surface area (Å²) in [6, 6.07) is 0. The number of fused-ring (bicyclic) bond motifs is 1. The standard InChI is InChI=1S/C5H10N2O4/c8-1-5(2-9)3-10-6-4-11-7(5)6/h8-9H,1-4H2. The Morgan fingerprint density at radius 3 is 2.27 bits per heavy atom. The number of aliphatic hydroxyl groups excluding tert-OH is 2. The second-order valence-electron chi connectivity index (χ2n) is 2.70. The molecule has 2 saturated heterocycles. The van der Waals surface area contributed by atoms with E-state index in [9.17, 15) is 0 Å². The summed E-state index contributed by atoms with van der Waals surface area (Å²) in [5.41, 5.74) is -0.780. The van der Waals surface area contributed by atoms with Gasteiger partial charge in [-0.05, 0) is 0 Å². The van der Waals surface area contributed by atoms with Crippen LogP contribution in [0.3, 0.4) is 0 Å². The van der Waals surface area contributed by atoms with Crippen molar-refractivity contribution in [2.24, 2.45) is 0 Å². The first-order valence-corrected chi connectivity index (χ1v) is 3.38. The number of nitrogens with zero attached hydrogens (tertiary/aromatic N) is 2. The van der Waals surface area contributed by atoms with Gasteiger partial charge in [0.25, 0.3) is 0 Å². The van der Waals surface area contributed by atoms with Crippen LogP contribution in [-0.2, 0) is 9.68 Å². The zero-order valence-electron chi connectivity index (χ0n) is 5.93. The normalized spacial score (nSPS) is 30.0. The fourth-order valence-corrected chi connectivity index (χ4v) is 1.14. The second kappa shape index (κ2) is 2.37. The molecule has 2 N–H and O–H groups in total. The SMILES string of the molecule is OCC1(CO)CON2CON21. The highest BCUT2D eigenvalue weighted by Crippen LogP contribution is 2.31. The molecule has 0 aromatic heterocycles. The molecule has 2 aliphatic rings. The Labute approximate surface area is 63.4 Å². The smallest absolute Gasteiger partial charge is 0.164 e. The predicted octanol–water partition coefficient (Wildman–Crippen LogP) is -1.92. The van der Waals surface area contributed by atoms with E-state index in [2.05, 4.69) is 0 Å². The third-order valence-corrected chi connectivity index (χ3v) is 1.97. The van der Waals surface area contributed by atoms with Crippen molar-refractivity contribution in [2.75, 3.05) is 26.6 Å². The van der Waals surface area contributed by atoms with Crippen molar-refractivity contribution in [3.8, 4) is 0 Å². The molecule has 2 fully saturated rings. The summed E-state index contributed by atoms with van der Waals surface area (Å²) in [4.78, 5) is 10.0. The van der Waals surface area contributed by atoms with Gasteiger partial charge in [0.2, 0.25) is 0 Å². The molecule has 2 aliphatic heterocycles. The van der Waals surface area contributed by atoms with Crippen LogP contribution in [0.1, 0.15) is 0 Å². The minimum Gasteiger partial charge on any atom is -0.394 e. The Kier molecular flexibility index (Phi) is 1.60. The summed E-state index contributed by atoms with van der Waals surface area (Å²) >= 11 is 0. The fraction of sp³-hybridized carbons (Fsp3) is 1.00. The van der Waals surface area contributed by atoms with E-state index in [4.69, 9.17) is 19.9 Å². The highest BCUT2D eigenvalue weighted by molar-refractivity contribution is 4.88. The van der Waals surface area contributed by atoms with Crippen LogP contribution in [-0.4, -0.2) is 52.6 Å². The van der Waals surface area contributed by atoms with Crippen molar-refractivity contribution in [3.05, 3.63) is 0 Å². The summed E-state index contributed by atoms with van der Waals surface area (Å²) in [5, 5.41) is 20.7. The van der Waals surface area contributed by atoms with Gasteiger partial charge in [-0.3, -0.25) is 9.68 Å². The average Bonchev–Trinajstić information content (AvgIpc) is 2.23. The summed E-state index contributed by atoms with van der Waals surface area (Å²) in [7, 11) is 0. The molecule has 0 aliphatic carbocycles. The Bertz CT molecular complexity index is 161. The summed E-state index contributed by atoms with van der Waals surface area (Å²) < 4.78 is 0. The molecule has 0 bridgehead atoms. The van der Waals surface area contributed by atoms with Gasteiger partial charge in [-0.2, -0.15) is 0 Å². The molecule has 0 unspecified atom stereocenters. The van der Waals surface area contributed by atoms with Gasteiger partial charge in [0.1, 0.15) is 5.54 Å². The Hall–Kier alpha value is -0.240. The number of aliphatic hydroxyl groups is 2. The highest BCUT2D eigenvalue weighted by atomic mass is 16.9. The molecule has 0 radical (unpaired) electrons. The van der Waals surface area contributed by atoms with Crippen LogP contribution in [0.4, 0.5) is 0 Å². The first kappa shape index (κ1) is 7.41. The van der Waals surface area contributed by atoms with Crippen LogP contribution >= 0.6 is 0 Å². The third-order valence-electron chi connectivity index (χ3n) is 1.97. The van der Waals surface area contributed by atoms with Crippen LogP contribution in [0.5, 0.6) is 0 Å². The fourth-order valence-electron chi connectivity index (χ4n) is 1.14. The number of hydroxylamine groups is 2. The van der Waals surface area contributed by atoms with Crippen LogP contribution in [0.25, 0.3) is 0 Å². The van der Waals surface area contributed by atoms with Gasteiger partial charge in [-0.1, -0.05) is 10.3 Å². The van der Waals surface area contributed by atoms with E-state index in [1.165, 1.54) is 10.3 Å². The lowest BCUT2D eigenvalue weighted by Gasteiger charge is -2.41. The predicted molar refractivity (Wildman–Crippen MR) is 32.5 cm³/mol. The van der Waals surface area contributed by atoms with Gasteiger partial charge in [-0.15, -0.1) is 0 Å². The minimum absolute atomic E-state index is 0.181. The summed E-state index contributed by atoms with van der Waals surface area (Å²) in [6.45, 7) is 0.266. The summed E-state index contributed by atoms with van der Waals surface area (Å²) in [5.74, 6) is 0. The lowest BCUT2D eigenvalue weighted by molar-refractivity contribution is -0.507. The lowest BCUT2D eigenvalue weighted by atomic mass is 10.1. The zero-order chi connectivity index (χ0) is 7.90. The number of rotatable bonds is 2. The topological polar surface area (TPSA) is 65.4 Å². The van der Waals surface area contributed by atoms with Gasteiger partial charge in [0, 0.05) is 0 Å². The van der Waals surface area contributed by atoms with Crippen LogP contribution in [0.2, 0.25) is 0 Å². The van der Waals surface area contributed by atoms with Gasteiger partial charge < -0.3 is 10.2 Å². The lowest BCUT2D eigenvalue weighted by Crippen LogP contribution is -2.62. The number of hydrogen-bond donors (Lipinski definition) is 2. The molecule has 0 spiro atoms. The van der Waals surface area contributed by atoms with Gasteiger partial charge in [0.05, 0.1) is 19.8 Å². The van der Waals surface area contributed by atoms with Crippen LogP contribution in [0, 0.1) is 0 Å². The minimum atomic E-state index is -0.780. The molecule has 0 aromatic rings. The van der Waals surface area contributed by atoms with Gasteiger partial charge in [0.15, 0.2) is 6.73 Å². The van der Waals surface area contributed by atoms with E-state index in [-0.39, 0.29) is 19.8 Å². The number of hydrogen-bond acceptors (Lipinski definition) is 6. The quantitative estimate of drug-likeness (QED) is 0.493. The largest absolute Gasteiger partial charge is 0.394 e. The molecular formula is C5H10N2O4. The van der Waals surface area contributed by atoms with Crippen molar-refractivity contribution in [1.29, 1.82) is 0 Å². The monoisotopic (exact) mass is 162 g/mol. The van der Waals surface area contributed by atoms with Crippen molar-refractivity contribution >= 4 is 0 Å². The first-order valence-electron chi connectivity index (χ1n) is 3.38. The van der Waals surface area contributed by atoms with E-state index < -0.39 is 5.54 Å². The van der Waals surface area contributed by atoms with E-state index >= 15 is 0 Å². The summed E-state index contributed by atoms with van der Waals surface area (Å²) in [6.07, 6.45) is 0. The van der Waals surface area contributed by atoms with Crippen molar-refractivity contribution < 1.29 is 19.9 Å². The number of hydrazine groups is 1. The molecule has 6 heteroatoms. The molecular weight excluding hydrogens is 152 g/mol. The maximum atomic E-state index is 8.95. The highest BCUT2D eigenvalue weighted by Gasteiger charge is 2.53. The maximum Gasteiger partial charge on any atom is 0.164 e. The third kappa shape index (κ3) is 0.821. The second-order valence-corrected chi connectivity index (χ2v) is 2.70. The Morgan fingerprint density at radius 2 is 2.00 bits per heavy atom. The van der Waals surface area contributed by atoms with E-state index in [0.29, 0.717) is 6.73 Å². The van der Waals surface area contributed by atoms with E-state index in [0.717, 1.165) is 0 Å². The van der Waals surface area contributed by atoms with Gasteiger partial charge >= 0.3 is 0 Å². The Balaban J connectivity index is 2.11. The molecule has 6 nitrogen and oxygen atoms in total. The zero-order valence-corrected chi connectivity index (χ0v) is 5.93. The van der Waals surface area contributed by atoms with Gasteiger partial charge in [-0.25, -0.2) is 0 Å². The first-order chi connectivity index (χ1) is 5.32. The molecule has 11 heavy (non-hydrogen) atoms. The molecule has 2 rings (SSSR count).